The maximum atomic E-state index is 5.38. The molecule has 2 rings (SSSR count). The topological polar surface area (TPSA) is 75.2 Å². The fourth-order valence-electron chi connectivity index (χ4n) is 2.39. The summed E-state index contributed by atoms with van der Waals surface area (Å²) in [5.41, 5.74) is 0. The first-order chi connectivity index (χ1) is 10.3. The number of hydrogen-bond acceptors (Lipinski definition) is 7. The van der Waals surface area contributed by atoms with E-state index in [0.717, 1.165) is 45.7 Å². The van der Waals surface area contributed by atoms with Crippen molar-refractivity contribution in [2.75, 3.05) is 55.4 Å². The molecule has 7 nitrogen and oxygen atoms in total. The van der Waals surface area contributed by atoms with Crippen molar-refractivity contribution in [3.05, 3.63) is 0 Å². The van der Waals surface area contributed by atoms with Gasteiger partial charge in [-0.2, -0.15) is 15.0 Å². The Morgan fingerprint density at radius 1 is 1.10 bits per heavy atom. The van der Waals surface area contributed by atoms with Gasteiger partial charge >= 0.3 is 0 Å². The second kappa shape index (κ2) is 7.97. The standard InChI is InChI=1S/C14H26N6O/c1-4-20(5-2)14-18-12(15-3)17-13(19-14)16-10-11-6-8-21-9-7-11/h11H,4-10H2,1-3H3,(H2,15,16,17,18,19). The van der Waals surface area contributed by atoms with Crippen molar-refractivity contribution in [3.8, 4) is 0 Å². The molecule has 1 aliphatic heterocycles. The van der Waals surface area contributed by atoms with Crippen molar-refractivity contribution < 1.29 is 4.74 Å². The summed E-state index contributed by atoms with van der Waals surface area (Å²) in [5.74, 6) is 2.59. The van der Waals surface area contributed by atoms with E-state index in [1.54, 1.807) is 0 Å². The van der Waals surface area contributed by atoms with Crippen LogP contribution >= 0.6 is 0 Å². The van der Waals surface area contributed by atoms with Gasteiger partial charge in [0, 0.05) is 39.9 Å². The summed E-state index contributed by atoms with van der Waals surface area (Å²) in [6, 6.07) is 0. The highest BCUT2D eigenvalue weighted by atomic mass is 16.5. The zero-order chi connectivity index (χ0) is 15.1. The predicted molar refractivity (Wildman–Crippen MR) is 85.0 cm³/mol. The normalized spacial score (nSPS) is 15.8. The molecule has 0 spiro atoms. The van der Waals surface area contributed by atoms with Gasteiger partial charge in [-0.25, -0.2) is 0 Å². The van der Waals surface area contributed by atoms with Crippen molar-refractivity contribution in [1.29, 1.82) is 0 Å². The molecule has 0 bridgehead atoms. The Bertz CT molecular complexity index is 431. The predicted octanol–water partition coefficient (Wildman–Crippen LogP) is 1.60. The number of aromatic nitrogens is 3. The summed E-state index contributed by atoms with van der Waals surface area (Å²) >= 11 is 0. The van der Waals surface area contributed by atoms with Gasteiger partial charge in [0.05, 0.1) is 0 Å². The molecule has 1 fully saturated rings. The van der Waals surface area contributed by atoms with Gasteiger partial charge in [0.2, 0.25) is 17.8 Å². The minimum atomic E-state index is 0.598. The Morgan fingerprint density at radius 3 is 2.38 bits per heavy atom. The van der Waals surface area contributed by atoms with Crippen LogP contribution in [-0.4, -0.2) is 54.8 Å². The van der Waals surface area contributed by atoms with E-state index in [0.29, 0.717) is 23.8 Å². The molecule has 21 heavy (non-hydrogen) atoms. The van der Waals surface area contributed by atoms with Crippen LogP contribution < -0.4 is 15.5 Å². The maximum Gasteiger partial charge on any atom is 0.231 e. The first kappa shape index (κ1) is 15.8. The molecular weight excluding hydrogens is 268 g/mol. The first-order valence-corrected chi connectivity index (χ1v) is 7.77. The lowest BCUT2D eigenvalue weighted by Gasteiger charge is -2.23. The molecule has 1 saturated heterocycles. The molecule has 0 aliphatic carbocycles. The van der Waals surface area contributed by atoms with E-state index in [9.17, 15) is 0 Å². The van der Waals surface area contributed by atoms with Crippen LogP contribution in [0.2, 0.25) is 0 Å². The highest BCUT2D eigenvalue weighted by Gasteiger charge is 2.15. The smallest absolute Gasteiger partial charge is 0.231 e. The van der Waals surface area contributed by atoms with Crippen molar-refractivity contribution in [2.45, 2.75) is 26.7 Å². The molecule has 1 aromatic heterocycles. The molecule has 0 unspecified atom stereocenters. The summed E-state index contributed by atoms with van der Waals surface area (Å²) in [4.78, 5) is 15.4. The van der Waals surface area contributed by atoms with Gasteiger partial charge in [0.25, 0.3) is 0 Å². The van der Waals surface area contributed by atoms with Crippen LogP contribution in [-0.2, 0) is 4.74 Å². The molecule has 2 heterocycles. The van der Waals surface area contributed by atoms with Crippen molar-refractivity contribution in [2.24, 2.45) is 5.92 Å². The van der Waals surface area contributed by atoms with Gasteiger partial charge in [-0.1, -0.05) is 0 Å². The molecule has 0 radical (unpaired) electrons. The fourth-order valence-corrected chi connectivity index (χ4v) is 2.39. The van der Waals surface area contributed by atoms with Crippen LogP contribution in [0.1, 0.15) is 26.7 Å². The van der Waals surface area contributed by atoms with E-state index in [1.165, 1.54) is 0 Å². The number of ether oxygens (including phenoxy) is 1. The van der Waals surface area contributed by atoms with E-state index in [1.807, 2.05) is 7.05 Å². The summed E-state index contributed by atoms with van der Waals surface area (Å²) in [5, 5.41) is 6.35. The molecule has 7 heteroatoms. The average Bonchev–Trinajstić information content (AvgIpc) is 2.55. The van der Waals surface area contributed by atoms with Gasteiger partial charge in [0.15, 0.2) is 0 Å². The minimum Gasteiger partial charge on any atom is -0.381 e. The molecule has 1 aromatic rings. The van der Waals surface area contributed by atoms with E-state index in [4.69, 9.17) is 4.74 Å². The Kier molecular flexibility index (Phi) is 5.98. The zero-order valence-electron chi connectivity index (χ0n) is 13.2. The summed E-state index contributed by atoms with van der Waals surface area (Å²) < 4.78 is 5.38. The van der Waals surface area contributed by atoms with Gasteiger partial charge < -0.3 is 20.3 Å². The Morgan fingerprint density at radius 2 is 1.76 bits per heavy atom. The molecule has 0 atom stereocenters. The zero-order valence-corrected chi connectivity index (χ0v) is 13.2. The number of nitrogens with one attached hydrogen (secondary N) is 2. The van der Waals surface area contributed by atoms with E-state index < -0.39 is 0 Å². The van der Waals surface area contributed by atoms with Crippen molar-refractivity contribution >= 4 is 17.8 Å². The monoisotopic (exact) mass is 294 g/mol. The summed E-state index contributed by atoms with van der Waals surface area (Å²) in [6.45, 7) is 8.55. The molecule has 0 saturated carbocycles. The third-order valence-electron chi connectivity index (χ3n) is 3.78. The lowest BCUT2D eigenvalue weighted by atomic mass is 10.0. The molecule has 118 valence electrons. The average molecular weight is 294 g/mol. The SMILES string of the molecule is CCN(CC)c1nc(NC)nc(NCC2CCOCC2)n1. The van der Waals surface area contributed by atoms with E-state index in [-0.39, 0.29) is 0 Å². The lowest BCUT2D eigenvalue weighted by Crippen LogP contribution is -2.26. The number of rotatable bonds is 7. The quantitative estimate of drug-likeness (QED) is 0.791. The molecule has 0 aromatic carbocycles. The van der Waals surface area contributed by atoms with Crippen LogP contribution in [0.15, 0.2) is 0 Å². The molecule has 0 amide bonds. The van der Waals surface area contributed by atoms with Crippen LogP contribution in [0.25, 0.3) is 0 Å². The second-order valence-electron chi connectivity index (χ2n) is 5.14. The maximum absolute atomic E-state index is 5.38. The number of hydrogen-bond donors (Lipinski definition) is 2. The minimum absolute atomic E-state index is 0.598. The summed E-state index contributed by atoms with van der Waals surface area (Å²) in [6.07, 6.45) is 2.19. The van der Waals surface area contributed by atoms with Gasteiger partial charge in [0.1, 0.15) is 0 Å². The Labute approximate surface area is 126 Å². The lowest BCUT2D eigenvalue weighted by molar-refractivity contribution is 0.0699. The van der Waals surface area contributed by atoms with Crippen LogP contribution in [0.3, 0.4) is 0 Å². The molecular formula is C14H26N6O. The molecule has 2 N–H and O–H groups in total. The molecule has 1 aliphatic rings. The third-order valence-corrected chi connectivity index (χ3v) is 3.78. The number of anilines is 3. The van der Waals surface area contributed by atoms with Gasteiger partial charge in [-0.3, -0.25) is 0 Å². The third kappa shape index (κ3) is 4.42. The van der Waals surface area contributed by atoms with Crippen LogP contribution in [0, 0.1) is 5.92 Å². The second-order valence-corrected chi connectivity index (χ2v) is 5.14. The van der Waals surface area contributed by atoms with E-state index in [2.05, 4.69) is 44.3 Å². The van der Waals surface area contributed by atoms with Crippen LogP contribution in [0.5, 0.6) is 0 Å². The van der Waals surface area contributed by atoms with Crippen molar-refractivity contribution in [3.63, 3.8) is 0 Å². The summed E-state index contributed by atoms with van der Waals surface area (Å²) in [7, 11) is 1.82. The first-order valence-electron chi connectivity index (χ1n) is 7.77. The van der Waals surface area contributed by atoms with Crippen molar-refractivity contribution in [1.82, 2.24) is 15.0 Å². The highest BCUT2D eigenvalue weighted by molar-refractivity contribution is 5.43. The largest absolute Gasteiger partial charge is 0.381 e. The van der Waals surface area contributed by atoms with Gasteiger partial charge in [-0.05, 0) is 32.6 Å². The Balaban J connectivity index is 2.04. The number of nitrogens with zero attached hydrogens (tertiary/aromatic N) is 4. The highest BCUT2D eigenvalue weighted by Crippen LogP contribution is 2.17. The Hall–Kier alpha value is -1.63. The van der Waals surface area contributed by atoms with Gasteiger partial charge in [-0.15, -0.1) is 0 Å². The van der Waals surface area contributed by atoms with Crippen LogP contribution in [0.4, 0.5) is 17.8 Å². The van der Waals surface area contributed by atoms with E-state index >= 15 is 0 Å². The fraction of sp³-hybridized carbons (Fsp3) is 0.786.